The number of carbonyl (C=O) groups excluding carboxylic acids is 1. The molecule has 1 N–H and O–H groups in total. The highest BCUT2D eigenvalue weighted by Gasteiger charge is 2.62. The summed E-state index contributed by atoms with van der Waals surface area (Å²) in [5, 5.41) is 14.3. The number of carboxylic acid groups (broad SMARTS) is 1. The van der Waals surface area contributed by atoms with Gasteiger partial charge in [-0.3, -0.25) is 14.3 Å². The SMILES string of the molecule is CC[Si](CC)(CC)OC(CN(CC1(F)CC2(CC2)C1)C(=O)c1cnn(C2CCC(C)(C(=O)O)CC2)c1C(F)(F)F)c1c(Cl)cccc1Cl. The van der Waals surface area contributed by atoms with Gasteiger partial charge in [0.2, 0.25) is 0 Å². The van der Waals surface area contributed by atoms with E-state index in [-0.39, 0.29) is 60.5 Å². The van der Waals surface area contributed by atoms with Crippen LogP contribution in [-0.2, 0) is 15.4 Å². The van der Waals surface area contributed by atoms with Gasteiger partial charge in [-0.05, 0) is 94.0 Å². The number of alkyl halides is 4. The molecule has 3 fully saturated rings. The molecule has 48 heavy (non-hydrogen) atoms. The zero-order valence-corrected chi connectivity index (χ0v) is 30.4. The first kappa shape index (κ1) is 37.1. The minimum Gasteiger partial charge on any atom is -0.481 e. The van der Waals surface area contributed by atoms with Gasteiger partial charge in [-0.2, -0.15) is 18.3 Å². The van der Waals surface area contributed by atoms with E-state index >= 15 is 4.39 Å². The van der Waals surface area contributed by atoms with Crippen molar-refractivity contribution in [2.24, 2.45) is 10.8 Å². The van der Waals surface area contributed by atoms with Crippen molar-refractivity contribution in [1.82, 2.24) is 14.7 Å². The van der Waals surface area contributed by atoms with Crippen LogP contribution in [-0.4, -0.2) is 58.7 Å². The predicted octanol–water partition coefficient (Wildman–Crippen LogP) is 9.90. The van der Waals surface area contributed by atoms with Crippen LogP contribution in [0, 0.1) is 10.8 Å². The topological polar surface area (TPSA) is 84.7 Å². The summed E-state index contributed by atoms with van der Waals surface area (Å²) >= 11 is 13.3. The molecule has 2 aromatic rings. The Kier molecular flexibility index (Phi) is 10.5. The Morgan fingerprint density at radius 2 is 1.65 bits per heavy atom. The minimum atomic E-state index is -4.96. The Bertz CT molecular complexity index is 1480. The molecule has 0 saturated heterocycles. The molecular formula is C34H45Cl2F4N3O4Si. The highest BCUT2D eigenvalue weighted by atomic mass is 35.5. The van der Waals surface area contributed by atoms with Gasteiger partial charge in [0.25, 0.3) is 5.91 Å². The van der Waals surface area contributed by atoms with Crippen LogP contribution in [0.2, 0.25) is 28.2 Å². The van der Waals surface area contributed by atoms with Gasteiger partial charge in [0.1, 0.15) is 5.67 Å². The fourth-order valence-electron chi connectivity index (χ4n) is 7.95. The maximum atomic E-state index is 16.3. The van der Waals surface area contributed by atoms with Gasteiger partial charge in [-0.1, -0.05) is 50.0 Å². The number of carboxylic acids is 1. The lowest BCUT2D eigenvalue weighted by molar-refractivity contribution is -0.152. The molecule has 5 rings (SSSR count). The molecule has 0 radical (unpaired) electrons. The lowest BCUT2D eigenvalue weighted by Crippen LogP contribution is -2.53. The second-order valence-corrected chi connectivity index (χ2v) is 20.2. The molecule has 1 aromatic heterocycles. The smallest absolute Gasteiger partial charge is 0.433 e. The number of amides is 1. The second-order valence-electron chi connectivity index (χ2n) is 14.6. The van der Waals surface area contributed by atoms with Crippen molar-refractivity contribution in [2.75, 3.05) is 13.1 Å². The number of aliphatic carboxylic acids is 1. The van der Waals surface area contributed by atoms with E-state index in [0.717, 1.165) is 46.8 Å². The summed E-state index contributed by atoms with van der Waals surface area (Å²) < 4.78 is 68.6. The first-order valence-electron chi connectivity index (χ1n) is 16.9. The van der Waals surface area contributed by atoms with Gasteiger partial charge in [-0.15, -0.1) is 0 Å². The summed E-state index contributed by atoms with van der Waals surface area (Å²) in [6, 6.07) is 6.44. The molecule has 266 valence electrons. The van der Waals surface area contributed by atoms with E-state index in [2.05, 4.69) is 5.10 Å². The lowest BCUT2D eigenvalue weighted by Gasteiger charge is -2.46. The minimum absolute atomic E-state index is 0.0758. The predicted molar refractivity (Wildman–Crippen MR) is 179 cm³/mol. The molecule has 7 nitrogen and oxygen atoms in total. The van der Waals surface area contributed by atoms with Gasteiger partial charge in [0.05, 0.1) is 42.4 Å². The molecule has 1 aromatic carbocycles. The normalized spacial score (nSPS) is 23.8. The number of benzene rings is 1. The summed E-state index contributed by atoms with van der Waals surface area (Å²) in [7, 11) is -2.42. The van der Waals surface area contributed by atoms with Gasteiger partial charge in [-0.25, -0.2) is 4.39 Å². The maximum absolute atomic E-state index is 16.3. The van der Waals surface area contributed by atoms with Gasteiger partial charge in [0, 0.05) is 15.6 Å². The van der Waals surface area contributed by atoms with E-state index in [9.17, 15) is 27.9 Å². The molecule has 1 heterocycles. The van der Waals surface area contributed by atoms with Crippen molar-refractivity contribution < 1.29 is 36.7 Å². The van der Waals surface area contributed by atoms with E-state index in [1.807, 2.05) is 20.8 Å². The van der Waals surface area contributed by atoms with E-state index in [4.69, 9.17) is 27.6 Å². The second kappa shape index (κ2) is 13.5. The van der Waals surface area contributed by atoms with Crippen molar-refractivity contribution in [3.8, 4) is 0 Å². The highest BCUT2D eigenvalue weighted by molar-refractivity contribution is 6.73. The summed E-state index contributed by atoms with van der Waals surface area (Å²) in [4.78, 5) is 27.3. The summed E-state index contributed by atoms with van der Waals surface area (Å²) in [6.07, 6.45) is -2.02. The fraction of sp³-hybridized carbons (Fsp3) is 0.676. The molecule has 1 spiro atoms. The monoisotopic (exact) mass is 733 g/mol. The summed E-state index contributed by atoms with van der Waals surface area (Å²) in [5.41, 5.74) is -4.34. The number of hydrogen-bond donors (Lipinski definition) is 1. The molecule has 0 aliphatic heterocycles. The third kappa shape index (κ3) is 7.32. The largest absolute Gasteiger partial charge is 0.481 e. The maximum Gasteiger partial charge on any atom is 0.433 e. The Labute approximate surface area is 290 Å². The van der Waals surface area contributed by atoms with Gasteiger partial charge < -0.3 is 14.4 Å². The number of nitrogens with zero attached hydrogens (tertiary/aromatic N) is 3. The molecule has 3 aliphatic carbocycles. The molecule has 3 saturated carbocycles. The van der Waals surface area contributed by atoms with Crippen LogP contribution in [0.1, 0.15) is 113 Å². The zero-order chi connectivity index (χ0) is 35.3. The van der Waals surface area contributed by atoms with Crippen molar-refractivity contribution >= 4 is 43.4 Å². The van der Waals surface area contributed by atoms with Crippen LogP contribution in [0.5, 0.6) is 0 Å². The van der Waals surface area contributed by atoms with Crippen LogP contribution in [0.25, 0.3) is 0 Å². The highest BCUT2D eigenvalue weighted by Crippen LogP contribution is 2.66. The van der Waals surface area contributed by atoms with Crippen molar-refractivity contribution in [1.29, 1.82) is 0 Å². The average Bonchev–Trinajstić information content (AvgIpc) is 3.64. The molecule has 3 aliphatic rings. The standard InChI is InChI=1S/C34H45Cl2F4N3O4Si/c1-5-48(6-2,7-3)47-26(27-24(35)9-8-10-25(27)36)18-42(21-33(37)19-32(20-33)15-16-32)29(44)23-17-41-43(28(23)34(38,39)40)22-11-13-31(4,14-12-22)30(45)46/h8-10,17,22,26H,5-7,11-16,18-21H2,1-4H3,(H,45,46). The average molecular weight is 735 g/mol. The van der Waals surface area contributed by atoms with Crippen LogP contribution >= 0.6 is 23.2 Å². The van der Waals surface area contributed by atoms with Gasteiger partial charge >= 0.3 is 12.1 Å². The molecular weight excluding hydrogens is 689 g/mol. The number of hydrogen-bond acceptors (Lipinski definition) is 4. The third-order valence-corrected chi connectivity index (χ3v) is 16.7. The number of carbonyl (C=O) groups is 2. The first-order chi connectivity index (χ1) is 22.4. The number of aromatic nitrogens is 2. The van der Waals surface area contributed by atoms with Crippen molar-refractivity contribution in [2.45, 2.75) is 121 Å². The molecule has 1 amide bonds. The van der Waals surface area contributed by atoms with E-state index < -0.39 is 67.4 Å². The number of rotatable bonds is 13. The van der Waals surface area contributed by atoms with E-state index in [1.165, 1.54) is 0 Å². The van der Waals surface area contributed by atoms with Crippen LogP contribution in [0.4, 0.5) is 17.6 Å². The zero-order valence-electron chi connectivity index (χ0n) is 27.9. The quantitative estimate of drug-likeness (QED) is 0.164. The number of halogens is 6. The lowest BCUT2D eigenvalue weighted by atomic mass is 9.69. The summed E-state index contributed by atoms with van der Waals surface area (Å²) in [5.74, 6) is -1.99. The molecule has 1 atom stereocenters. The third-order valence-electron chi connectivity index (χ3n) is 11.4. The Morgan fingerprint density at radius 3 is 2.12 bits per heavy atom. The fourth-order valence-corrected chi connectivity index (χ4v) is 11.4. The molecule has 0 bridgehead atoms. The van der Waals surface area contributed by atoms with E-state index in [1.54, 1.807) is 25.1 Å². The van der Waals surface area contributed by atoms with Gasteiger partial charge in [0.15, 0.2) is 14.0 Å². The van der Waals surface area contributed by atoms with Crippen LogP contribution < -0.4 is 0 Å². The molecule has 14 heteroatoms. The Hall–Kier alpha value is -2.15. The summed E-state index contributed by atoms with van der Waals surface area (Å²) in [6.45, 7) is 7.02. The van der Waals surface area contributed by atoms with Crippen LogP contribution in [0.3, 0.4) is 0 Å². The Balaban J connectivity index is 1.54. The van der Waals surface area contributed by atoms with Crippen molar-refractivity contribution in [3.05, 3.63) is 51.3 Å². The van der Waals surface area contributed by atoms with E-state index in [0.29, 0.717) is 5.56 Å². The van der Waals surface area contributed by atoms with Crippen LogP contribution in [0.15, 0.2) is 24.4 Å². The molecule has 1 unspecified atom stereocenters. The Morgan fingerprint density at radius 1 is 1.08 bits per heavy atom. The first-order valence-corrected chi connectivity index (χ1v) is 20.2. The van der Waals surface area contributed by atoms with Crippen molar-refractivity contribution in [3.63, 3.8) is 0 Å².